The van der Waals surface area contributed by atoms with Crippen LogP contribution in [-0.4, -0.2) is 15.0 Å². The second-order valence-electron chi connectivity index (χ2n) is 4.12. The summed E-state index contributed by atoms with van der Waals surface area (Å²) in [4.78, 5) is 11.4. The Morgan fingerprint density at radius 2 is 1.94 bits per heavy atom. The van der Waals surface area contributed by atoms with E-state index in [4.69, 9.17) is 17.3 Å². The Morgan fingerprint density at radius 1 is 1.22 bits per heavy atom. The fourth-order valence-electron chi connectivity index (χ4n) is 2.10. The van der Waals surface area contributed by atoms with E-state index >= 15 is 0 Å². The molecule has 18 heavy (non-hydrogen) atoms. The summed E-state index contributed by atoms with van der Waals surface area (Å²) in [6.45, 7) is 2.00. The minimum Gasteiger partial charge on any atom is -0.368 e. The molecule has 2 heterocycles. The van der Waals surface area contributed by atoms with E-state index in [0.29, 0.717) is 0 Å². The molecule has 3 rings (SSSR count). The lowest BCUT2D eigenvalue weighted by atomic mass is 10.0. The maximum Gasteiger partial charge on any atom is 0.221 e. The van der Waals surface area contributed by atoms with E-state index in [0.717, 1.165) is 32.9 Å². The predicted octanol–water partition coefficient (Wildman–Crippen LogP) is 3.17. The average molecular weight is 259 g/mol. The molecular weight excluding hydrogens is 248 g/mol. The Hall–Kier alpha value is -2.07. The molecule has 0 spiro atoms. The third-order valence-corrected chi connectivity index (χ3v) is 3.14. The van der Waals surface area contributed by atoms with Gasteiger partial charge in [0.05, 0.1) is 0 Å². The van der Waals surface area contributed by atoms with Gasteiger partial charge in [-0.2, -0.15) is 4.98 Å². The van der Waals surface area contributed by atoms with Gasteiger partial charge in [-0.05, 0) is 24.6 Å². The zero-order chi connectivity index (χ0) is 12.7. The number of H-pyrrole nitrogens is 1. The maximum atomic E-state index is 5.90. The Labute approximate surface area is 109 Å². The van der Waals surface area contributed by atoms with Gasteiger partial charge in [0.25, 0.3) is 0 Å². The quantitative estimate of drug-likeness (QED) is 0.704. The zero-order valence-electron chi connectivity index (χ0n) is 9.74. The third-order valence-electron chi connectivity index (χ3n) is 2.89. The van der Waals surface area contributed by atoms with Crippen LogP contribution in [-0.2, 0) is 0 Å². The smallest absolute Gasteiger partial charge is 0.221 e. The highest BCUT2D eigenvalue weighted by molar-refractivity contribution is 6.30. The first-order valence-electron chi connectivity index (χ1n) is 5.52. The number of hydrogen-bond donors (Lipinski definition) is 2. The van der Waals surface area contributed by atoms with Crippen LogP contribution in [0.5, 0.6) is 0 Å². The van der Waals surface area contributed by atoms with Gasteiger partial charge in [-0.25, -0.2) is 4.98 Å². The standard InChI is InChI=1S/C13H11ClN4/c1-7-11(8-2-4-9(14)5-3-8)10-6-16-13(15)18-12(10)17-7/h2-6H,1H3,(H3,15,16,17,18). The van der Waals surface area contributed by atoms with Gasteiger partial charge in [-0.3, -0.25) is 0 Å². The number of nitrogens with one attached hydrogen (secondary N) is 1. The number of nitrogens with two attached hydrogens (primary N) is 1. The molecule has 0 saturated carbocycles. The third kappa shape index (κ3) is 1.71. The molecule has 0 aliphatic heterocycles. The first kappa shape index (κ1) is 11.0. The van der Waals surface area contributed by atoms with Crippen LogP contribution in [0.3, 0.4) is 0 Å². The largest absolute Gasteiger partial charge is 0.368 e. The summed E-state index contributed by atoms with van der Waals surface area (Å²) in [6.07, 6.45) is 1.74. The highest BCUT2D eigenvalue weighted by Gasteiger charge is 2.12. The van der Waals surface area contributed by atoms with Gasteiger partial charge in [0.2, 0.25) is 5.95 Å². The number of fused-ring (bicyclic) bond motifs is 1. The predicted molar refractivity (Wildman–Crippen MR) is 73.5 cm³/mol. The molecule has 3 aromatic rings. The molecule has 0 bridgehead atoms. The van der Waals surface area contributed by atoms with Crippen molar-refractivity contribution in [3.63, 3.8) is 0 Å². The van der Waals surface area contributed by atoms with Gasteiger partial charge in [0.15, 0.2) is 0 Å². The summed E-state index contributed by atoms with van der Waals surface area (Å²) in [7, 11) is 0. The molecule has 3 N–H and O–H groups in total. The van der Waals surface area contributed by atoms with Crippen molar-refractivity contribution in [3.05, 3.63) is 41.2 Å². The minimum atomic E-state index is 0.270. The molecule has 0 atom stereocenters. The van der Waals surface area contributed by atoms with E-state index in [1.54, 1.807) is 6.20 Å². The molecule has 0 aliphatic rings. The SMILES string of the molecule is Cc1[nH]c2nc(N)ncc2c1-c1ccc(Cl)cc1. The van der Waals surface area contributed by atoms with Crippen molar-refractivity contribution in [2.75, 3.05) is 5.73 Å². The molecular formula is C13H11ClN4. The van der Waals surface area contributed by atoms with E-state index in [9.17, 15) is 0 Å². The number of rotatable bonds is 1. The van der Waals surface area contributed by atoms with Gasteiger partial charge in [-0.15, -0.1) is 0 Å². The lowest BCUT2D eigenvalue weighted by Crippen LogP contribution is -1.93. The van der Waals surface area contributed by atoms with Crippen molar-refractivity contribution in [2.24, 2.45) is 0 Å². The van der Waals surface area contributed by atoms with Crippen molar-refractivity contribution in [1.29, 1.82) is 0 Å². The van der Waals surface area contributed by atoms with Crippen molar-refractivity contribution >= 4 is 28.6 Å². The zero-order valence-corrected chi connectivity index (χ0v) is 10.5. The van der Waals surface area contributed by atoms with E-state index in [1.165, 1.54) is 0 Å². The topological polar surface area (TPSA) is 67.6 Å². The van der Waals surface area contributed by atoms with Crippen molar-refractivity contribution in [1.82, 2.24) is 15.0 Å². The summed E-state index contributed by atoms with van der Waals surface area (Å²) < 4.78 is 0. The number of aromatic nitrogens is 3. The Balaban J connectivity index is 2.28. The molecule has 0 unspecified atom stereocenters. The van der Waals surface area contributed by atoms with Gasteiger partial charge < -0.3 is 10.7 Å². The number of nitrogen functional groups attached to an aromatic ring is 1. The molecule has 0 amide bonds. The van der Waals surface area contributed by atoms with Crippen molar-refractivity contribution in [2.45, 2.75) is 6.92 Å². The summed E-state index contributed by atoms with van der Waals surface area (Å²) >= 11 is 5.90. The van der Waals surface area contributed by atoms with E-state index < -0.39 is 0 Å². The molecule has 1 aromatic carbocycles. The fraction of sp³-hybridized carbons (Fsp3) is 0.0769. The first-order valence-corrected chi connectivity index (χ1v) is 5.89. The van der Waals surface area contributed by atoms with Crippen LogP contribution >= 0.6 is 11.6 Å². The van der Waals surface area contributed by atoms with Crippen molar-refractivity contribution < 1.29 is 0 Å². The van der Waals surface area contributed by atoms with E-state index in [-0.39, 0.29) is 5.95 Å². The Bertz CT molecular complexity index is 716. The minimum absolute atomic E-state index is 0.270. The molecule has 0 saturated heterocycles. The van der Waals surface area contributed by atoms with Crippen LogP contribution < -0.4 is 5.73 Å². The number of halogens is 1. The maximum absolute atomic E-state index is 5.90. The molecule has 90 valence electrons. The summed E-state index contributed by atoms with van der Waals surface area (Å²) in [5.41, 5.74) is 9.54. The number of anilines is 1. The average Bonchev–Trinajstić information content (AvgIpc) is 2.65. The molecule has 5 heteroatoms. The number of aromatic amines is 1. The molecule has 2 aromatic heterocycles. The van der Waals surface area contributed by atoms with Gasteiger partial charge in [0.1, 0.15) is 5.65 Å². The van der Waals surface area contributed by atoms with Crippen LogP contribution in [0, 0.1) is 6.92 Å². The lowest BCUT2D eigenvalue weighted by molar-refractivity contribution is 1.20. The van der Waals surface area contributed by atoms with E-state index in [2.05, 4.69) is 15.0 Å². The summed E-state index contributed by atoms with van der Waals surface area (Å²) in [5, 5.41) is 1.68. The van der Waals surface area contributed by atoms with Gasteiger partial charge in [-0.1, -0.05) is 23.7 Å². The first-order chi connectivity index (χ1) is 8.65. The summed E-state index contributed by atoms with van der Waals surface area (Å²) in [6, 6.07) is 7.70. The van der Waals surface area contributed by atoms with Crippen LogP contribution in [0.1, 0.15) is 5.69 Å². The monoisotopic (exact) mass is 258 g/mol. The van der Waals surface area contributed by atoms with Crippen molar-refractivity contribution in [3.8, 4) is 11.1 Å². The fourth-order valence-corrected chi connectivity index (χ4v) is 2.23. The van der Waals surface area contributed by atoms with Crippen LogP contribution in [0.15, 0.2) is 30.5 Å². The second-order valence-corrected chi connectivity index (χ2v) is 4.56. The second kappa shape index (κ2) is 3.99. The molecule has 0 aliphatic carbocycles. The number of hydrogen-bond acceptors (Lipinski definition) is 3. The van der Waals surface area contributed by atoms with Gasteiger partial charge >= 0.3 is 0 Å². The van der Waals surface area contributed by atoms with Gasteiger partial charge in [0, 0.05) is 27.9 Å². The lowest BCUT2D eigenvalue weighted by Gasteiger charge is -2.01. The highest BCUT2D eigenvalue weighted by Crippen LogP contribution is 2.31. The number of benzene rings is 1. The summed E-state index contributed by atoms with van der Waals surface area (Å²) in [5.74, 6) is 0.270. The molecule has 0 radical (unpaired) electrons. The Kier molecular flexibility index (Phi) is 2.45. The Morgan fingerprint density at radius 3 is 2.67 bits per heavy atom. The van der Waals surface area contributed by atoms with Crippen LogP contribution in [0.25, 0.3) is 22.2 Å². The normalized spacial score (nSPS) is 11.0. The van der Waals surface area contributed by atoms with Crippen LogP contribution in [0.2, 0.25) is 5.02 Å². The number of aryl methyl sites for hydroxylation is 1. The molecule has 4 nitrogen and oxygen atoms in total. The van der Waals surface area contributed by atoms with Crippen LogP contribution in [0.4, 0.5) is 5.95 Å². The highest BCUT2D eigenvalue weighted by atomic mass is 35.5. The molecule has 0 fully saturated rings. The van der Waals surface area contributed by atoms with E-state index in [1.807, 2.05) is 31.2 Å². The number of nitrogens with zero attached hydrogens (tertiary/aromatic N) is 2.